The van der Waals surface area contributed by atoms with Crippen molar-refractivity contribution >= 4 is 17.1 Å². The van der Waals surface area contributed by atoms with Crippen LogP contribution < -0.4 is 4.72 Å². The molecule has 1 unspecified atom stereocenters. The van der Waals surface area contributed by atoms with Gasteiger partial charge in [0, 0.05) is 12.3 Å². The summed E-state index contributed by atoms with van der Waals surface area (Å²) in [7, 11) is 0. The number of nitrogens with zero attached hydrogens (tertiary/aromatic N) is 2. The number of nitriles is 1. The topological polar surface area (TPSA) is 74.5 Å². The third-order valence-corrected chi connectivity index (χ3v) is 1.84. The quantitative estimate of drug-likeness (QED) is 0.641. The second-order valence-electron chi connectivity index (χ2n) is 2.15. The SMILES string of the molecule is C[C@@H](CC#N)C1=NOS(=O)N1. The monoisotopic (exact) mass is 173 g/mol. The Bertz CT molecular complexity index is 245. The lowest BCUT2D eigenvalue weighted by Gasteiger charge is -2.01. The van der Waals surface area contributed by atoms with E-state index in [0.29, 0.717) is 12.3 Å². The van der Waals surface area contributed by atoms with Gasteiger partial charge in [-0.05, 0) is 0 Å². The number of amidine groups is 1. The second kappa shape index (κ2) is 3.34. The molecule has 0 amide bonds. The van der Waals surface area contributed by atoms with E-state index in [-0.39, 0.29) is 5.92 Å². The Morgan fingerprint density at radius 2 is 2.73 bits per heavy atom. The van der Waals surface area contributed by atoms with Gasteiger partial charge in [-0.2, -0.15) is 9.47 Å². The number of oxime groups is 1. The van der Waals surface area contributed by atoms with Crippen LogP contribution >= 0.6 is 0 Å². The molecular weight excluding hydrogens is 166 g/mol. The maximum Gasteiger partial charge on any atom is 0.338 e. The fraction of sp³-hybridized carbons (Fsp3) is 0.600. The minimum atomic E-state index is -1.54. The molecule has 0 saturated carbocycles. The highest BCUT2D eigenvalue weighted by Crippen LogP contribution is 2.07. The number of hydrogen-bond acceptors (Lipinski definition) is 4. The molecule has 0 fully saturated rings. The van der Waals surface area contributed by atoms with E-state index in [1.54, 1.807) is 6.92 Å². The third-order valence-electron chi connectivity index (χ3n) is 1.26. The summed E-state index contributed by atoms with van der Waals surface area (Å²) in [6, 6.07) is 1.98. The summed E-state index contributed by atoms with van der Waals surface area (Å²) in [6.45, 7) is 1.81. The van der Waals surface area contributed by atoms with E-state index in [4.69, 9.17) is 5.26 Å². The van der Waals surface area contributed by atoms with Crippen molar-refractivity contribution in [1.29, 1.82) is 5.26 Å². The van der Waals surface area contributed by atoms with Gasteiger partial charge in [0.15, 0.2) is 5.84 Å². The van der Waals surface area contributed by atoms with Crippen LogP contribution in [0.5, 0.6) is 0 Å². The fourth-order valence-corrected chi connectivity index (χ4v) is 1.22. The van der Waals surface area contributed by atoms with E-state index in [1.165, 1.54) is 0 Å². The Kier molecular flexibility index (Phi) is 2.44. The van der Waals surface area contributed by atoms with Crippen LogP contribution in [0.15, 0.2) is 5.16 Å². The van der Waals surface area contributed by atoms with E-state index in [0.717, 1.165) is 0 Å². The van der Waals surface area contributed by atoms with Crippen molar-refractivity contribution in [3.8, 4) is 6.07 Å². The Hall–Kier alpha value is -1.09. The van der Waals surface area contributed by atoms with Gasteiger partial charge < -0.3 is 0 Å². The maximum absolute atomic E-state index is 10.5. The predicted molar refractivity (Wildman–Crippen MR) is 39.2 cm³/mol. The van der Waals surface area contributed by atoms with Crippen molar-refractivity contribution in [2.45, 2.75) is 13.3 Å². The van der Waals surface area contributed by atoms with Gasteiger partial charge in [0.05, 0.1) is 6.07 Å². The fourth-order valence-electron chi connectivity index (χ4n) is 0.621. The maximum atomic E-state index is 10.5. The molecule has 5 nitrogen and oxygen atoms in total. The van der Waals surface area contributed by atoms with Gasteiger partial charge in [-0.3, -0.25) is 9.01 Å². The summed E-state index contributed by atoms with van der Waals surface area (Å²) < 4.78 is 17.4. The molecule has 1 aliphatic rings. The van der Waals surface area contributed by atoms with Crippen LogP contribution in [0.4, 0.5) is 0 Å². The molecule has 1 heterocycles. The Labute approximate surface area is 66.8 Å². The summed E-state index contributed by atoms with van der Waals surface area (Å²) >= 11 is -1.54. The van der Waals surface area contributed by atoms with Crippen molar-refractivity contribution in [1.82, 2.24) is 4.72 Å². The predicted octanol–water partition coefficient (Wildman–Crippen LogP) is 0.0482. The second-order valence-corrected chi connectivity index (χ2v) is 2.97. The normalized spacial score (nSPS) is 24.4. The molecule has 2 atom stereocenters. The van der Waals surface area contributed by atoms with Crippen LogP contribution in [0.3, 0.4) is 0 Å². The molecule has 0 saturated heterocycles. The van der Waals surface area contributed by atoms with Gasteiger partial charge in [0.1, 0.15) is 0 Å². The minimum absolute atomic E-state index is 0.0496. The highest BCUT2D eigenvalue weighted by atomic mass is 32.2. The number of rotatable bonds is 2. The molecule has 0 aromatic heterocycles. The molecular formula is C5H7N3O2S. The lowest BCUT2D eigenvalue weighted by molar-refractivity contribution is 0.383. The third kappa shape index (κ3) is 1.91. The largest absolute Gasteiger partial charge is 0.338 e. The van der Waals surface area contributed by atoms with Crippen molar-refractivity contribution < 1.29 is 8.49 Å². The molecule has 0 aromatic carbocycles. The van der Waals surface area contributed by atoms with Crippen LogP contribution in [0.1, 0.15) is 13.3 Å². The van der Waals surface area contributed by atoms with Crippen LogP contribution in [-0.4, -0.2) is 10.0 Å². The molecule has 1 aliphatic heterocycles. The molecule has 1 N–H and O–H groups in total. The van der Waals surface area contributed by atoms with Crippen molar-refractivity contribution in [2.24, 2.45) is 11.1 Å². The zero-order chi connectivity index (χ0) is 8.27. The van der Waals surface area contributed by atoms with Crippen molar-refractivity contribution in [3.63, 3.8) is 0 Å². The van der Waals surface area contributed by atoms with Gasteiger partial charge in [0.25, 0.3) is 0 Å². The molecule has 0 aromatic rings. The lowest BCUT2D eigenvalue weighted by Crippen LogP contribution is -2.25. The van der Waals surface area contributed by atoms with Crippen LogP contribution in [0.2, 0.25) is 0 Å². The molecule has 1 rings (SSSR count). The number of hydrogen-bond donors (Lipinski definition) is 1. The number of nitrogens with one attached hydrogen (secondary N) is 1. The van der Waals surface area contributed by atoms with E-state index >= 15 is 0 Å². The Morgan fingerprint density at radius 1 is 2.00 bits per heavy atom. The smallest absolute Gasteiger partial charge is 0.269 e. The first-order valence-corrected chi connectivity index (χ1v) is 4.12. The summed E-state index contributed by atoms with van der Waals surface area (Å²) in [6.07, 6.45) is 0.340. The summed E-state index contributed by atoms with van der Waals surface area (Å²) in [5.41, 5.74) is 0. The Balaban J connectivity index is 2.50. The average Bonchev–Trinajstić information content (AvgIpc) is 2.36. The lowest BCUT2D eigenvalue weighted by atomic mass is 10.1. The highest BCUT2D eigenvalue weighted by molar-refractivity contribution is 7.79. The van der Waals surface area contributed by atoms with Crippen molar-refractivity contribution in [3.05, 3.63) is 0 Å². The molecule has 0 radical (unpaired) electrons. The van der Waals surface area contributed by atoms with Crippen LogP contribution in [-0.2, 0) is 15.6 Å². The highest BCUT2D eigenvalue weighted by Gasteiger charge is 2.19. The first kappa shape index (κ1) is 8.01. The van der Waals surface area contributed by atoms with E-state index in [1.807, 2.05) is 6.07 Å². The molecule has 60 valence electrons. The Morgan fingerprint density at radius 3 is 3.18 bits per heavy atom. The minimum Gasteiger partial charge on any atom is -0.269 e. The van der Waals surface area contributed by atoms with Gasteiger partial charge in [-0.15, -0.1) is 0 Å². The zero-order valence-corrected chi connectivity index (χ0v) is 6.72. The van der Waals surface area contributed by atoms with Gasteiger partial charge in [-0.25, -0.2) is 0 Å². The molecule has 0 spiro atoms. The molecule has 0 aliphatic carbocycles. The summed E-state index contributed by atoms with van der Waals surface area (Å²) in [5.74, 6) is 0.427. The molecule has 6 heteroatoms. The standard InChI is InChI=1S/C5H7N3O2S/c1-4(2-3-6)5-7-10-11(9)8-5/h4H,2H2,1H3,(H,7,8)/t4-,11?/m0/s1. The van der Waals surface area contributed by atoms with E-state index in [2.05, 4.69) is 14.2 Å². The first-order valence-electron chi connectivity index (χ1n) is 3.05. The zero-order valence-electron chi connectivity index (χ0n) is 5.90. The van der Waals surface area contributed by atoms with Crippen molar-refractivity contribution in [2.75, 3.05) is 0 Å². The van der Waals surface area contributed by atoms with Crippen LogP contribution in [0, 0.1) is 17.2 Å². The van der Waals surface area contributed by atoms with Gasteiger partial charge in [-0.1, -0.05) is 12.1 Å². The molecule has 0 bridgehead atoms. The molecule has 11 heavy (non-hydrogen) atoms. The first-order chi connectivity index (χ1) is 5.24. The average molecular weight is 173 g/mol. The van der Waals surface area contributed by atoms with E-state index in [9.17, 15) is 4.21 Å². The summed E-state index contributed by atoms with van der Waals surface area (Å²) in [4.78, 5) is 0. The van der Waals surface area contributed by atoms with Gasteiger partial charge >= 0.3 is 11.3 Å². The van der Waals surface area contributed by atoms with Gasteiger partial charge in [0.2, 0.25) is 0 Å². The summed E-state index contributed by atoms with van der Waals surface area (Å²) in [5, 5.41) is 11.8. The van der Waals surface area contributed by atoms with E-state index < -0.39 is 11.3 Å². The van der Waals surface area contributed by atoms with Crippen LogP contribution in [0.25, 0.3) is 0 Å².